The summed E-state index contributed by atoms with van der Waals surface area (Å²) in [6, 6.07) is 14.1. The van der Waals surface area contributed by atoms with Gasteiger partial charge in [0.05, 0.1) is 30.2 Å². The Morgan fingerprint density at radius 2 is 1.76 bits per heavy atom. The van der Waals surface area contributed by atoms with Crippen molar-refractivity contribution in [1.29, 1.82) is 0 Å². The number of ether oxygens (including phenoxy) is 3. The Balaban J connectivity index is 1.28. The lowest BCUT2D eigenvalue weighted by Gasteiger charge is -2.48. The summed E-state index contributed by atoms with van der Waals surface area (Å²) in [6.07, 6.45) is 0.520. The molecule has 0 radical (unpaired) electrons. The summed E-state index contributed by atoms with van der Waals surface area (Å²) in [4.78, 5) is 42.7. The molecule has 2 aromatic carbocycles. The summed E-state index contributed by atoms with van der Waals surface area (Å²) in [5.41, 5.74) is 2.95. The predicted octanol–water partition coefficient (Wildman–Crippen LogP) is 1.62. The maximum Gasteiger partial charge on any atom is 0.410 e. The van der Waals surface area contributed by atoms with Gasteiger partial charge in [-0.15, -0.1) is 0 Å². The standard InChI is InChI=1S/C33H43N5O7Si/c1-32(2,3)45-31(42)38-20-25-17-27(44-21-26-11-12-35-36(26)4)10-9-24(25)18-33(38,46)28(39)19-34-29(40)22-5-7-23(8-6-22)30(41)37-13-15-43-16-14-37/h5-12,17,28,39H,13-16,18-21H2,1-4,46H3,(H,34,40)/t28-,33+/m1/s1. The predicted molar refractivity (Wildman–Crippen MR) is 174 cm³/mol. The zero-order chi connectivity index (χ0) is 33.1. The fourth-order valence-corrected chi connectivity index (χ4v) is 6.58. The van der Waals surface area contributed by atoms with Crippen molar-refractivity contribution in [2.75, 3.05) is 32.8 Å². The third kappa shape index (κ3) is 7.60. The molecule has 12 nitrogen and oxygen atoms in total. The zero-order valence-electron chi connectivity index (χ0n) is 27.1. The second-order valence-corrected chi connectivity index (χ2v) is 14.7. The number of fused-ring (bicyclic) bond motifs is 1. The number of nitrogens with zero attached hydrogens (tertiary/aromatic N) is 4. The number of aliphatic hydroxyl groups excluding tert-OH is 1. The Hall–Kier alpha value is -4.20. The first-order valence-electron chi connectivity index (χ1n) is 15.5. The molecule has 2 aliphatic rings. The molecule has 1 saturated heterocycles. The van der Waals surface area contributed by atoms with E-state index in [0.717, 1.165) is 16.8 Å². The van der Waals surface area contributed by atoms with Crippen LogP contribution in [0.5, 0.6) is 5.75 Å². The fourth-order valence-electron chi connectivity index (χ4n) is 5.66. The first-order chi connectivity index (χ1) is 21.8. The fraction of sp³-hybridized carbons (Fsp3) is 0.455. The molecule has 0 bridgehead atoms. The van der Waals surface area contributed by atoms with E-state index in [1.807, 2.05) is 31.3 Å². The molecule has 246 valence electrons. The van der Waals surface area contributed by atoms with Crippen molar-refractivity contribution in [1.82, 2.24) is 24.9 Å². The normalized spacial score (nSPS) is 18.9. The first-order valence-corrected chi connectivity index (χ1v) is 16.5. The van der Waals surface area contributed by atoms with Crippen LogP contribution < -0.4 is 10.1 Å². The second kappa shape index (κ2) is 13.7. The molecule has 1 aromatic heterocycles. The van der Waals surface area contributed by atoms with E-state index < -0.39 is 23.0 Å². The highest BCUT2D eigenvalue weighted by molar-refractivity contribution is 6.17. The van der Waals surface area contributed by atoms with E-state index in [2.05, 4.69) is 10.4 Å². The monoisotopic (exact) mass is 649 g/mol. The summed E-state index contributed by atoms with van der Waals surface area (Å²) in [6.45, 7) is 8.00. The maximum atomic E-state index is 13.6. The van der Waals surface area contributed by atoms with Crippen molar-refractivity contribution in [2.45, 2.75) is 57.2 Å². The van der Waals surface area contributed by atoms with E-state index in [0.29, 0.717) is 66.4 Å². The van der Waals surface area contributed by atoms with E-state index in [1.54, 1.807) is 65.7 Å². The van der Waals surface area contributed by atoms with Gasteiger partial charge in [0.2, 0.25) is 0 Å². The minimum Gasteiger partial charge on any atom is -0.487 e. The molecule has 2 aliphatic heterocycles. The van der Waals surface area contributed by atoms with Gasteiger partial charge in [-0.05, 0) is 80.8 Å². The van der Waals surface area contributed by atoms with Gasteiger partial charge in [0.1, 0.15) is 18.0 Å². The number of morpholine rings is 1. The Bertz CT molecular complexity index is 1570. The summed E-state index contributed by atoms with van der Waals surface area (Å²) < 4.78 is 18.9. The van der Waals surface area contributed by atoms with Crippen molar-refractivity contribution in [2.24, 2.45) is 7.05 Å². The number of hydrogen-bond acceptors (Lipinski definition) is 8. The first kappa shape index (κ1) is 33.2. The van der Waals surface area contributed by atoms with Crippen molar-refractivity contribution in [3.63, 3.8) is 0 Å². The molecule has 3 amide bonds. The molecule has 46 heavy (non-hydrogen) atoms. The number of hydrogen-bond donors (Lipinski definition) is 2. The lowest BCUT2D eigenvalue weighted by molar-refractivity contribution is -0.0251. The van der Waals surface area contributed by atoms with Gasteiger partial charge in [0, 0.05) is 60.8 Å². The third-order valence-corrected chi connectivity index (χ3v) is 10.0. The largest absolute Gasteiger partial charge is 0.487 e. The van der Waals surface area contributed by atoms with Crippen LogP contribution in [0.4, 0.5) is 4.79 Å². The van der Waals surface area contributed by atoms with Crippen LogP contribution in [-0.2, 0) is 36.1 Å². The number of rotatable bonds is 8. The topological polar surface area (TPSA) is 135 Å². The van der Waals surface area contributed by atoms with Gasteiger partial charge in [-0.25, -0.2) is 4.79 Å². The number of carbonyl (C=O) groups excluding carboxylic acids is 3. The van der Waals surface area contributed by atoms with Crippen LogP contribution in [0.2, 0.25) is 0 Å². The number of aromatic nitrogens is 2. The van der Waals surface area contributed by atoms with E-state index in [-0.39, 0.29) is 24.9 Å². The van der Waals surface area contributed by atoms with Gasteiger partial charge < -0.3 is 29.5 Å². The van der Waals surface area contributed by atoms with E-state index in [4.69, 9.17) is 14.2 Å². The minimum atomic E-state index is -1.06. The molecular weight excluding hydrogens is 606 g/mol. The van der Waals surface area contributed by atoms with Gasteiger partial charge in [-0.3, -0.25) is 19.2 Å². The summed E-state index contributed by atoms with van der Waals surface area (Å²) in [5.74, 6) is 0.177. The van der Waals surface area contributed by atoms with Gasteiger partial charge >= 0.3 is 6.09 Å². The van der Waals surface area contributed by atoms with Crippen LogP contribution in [0.15, 0.2) is 54.7 Å². The average molecular weight is 650 g/mol. The Morgan fingerprint density at radius 3 is 2.41 bits per heavy atom. The van der Waals surface area contributed by atoms with E-state index in [9.17, 15) is 19.5 Å². The summed E-state index contributed by atoms with van der Waals surface area (Å²) in [5, 5.41) is 17.6. The summed E-state index contributed by atoms with van der Waals surface area (Å²) >= 11 is 0. The highest BCUT2D eigenvalue weighted by Gasteiger charge is 2.46. The second-order valence-electron chi connectivity index (χ2n) is 13.0. The van der Waals surface area contributed by atoms with Gasteiger partial charge in [0.25, 0.3) is 11.8 Å². The molecule has 0 unspecified atom stereocenters. The molecule has 5 rings (SSSR count). The number of benzene rings is 2. The lowest BCUT2D eigenvalue weighted by atomic mass is 9.90. The number of carbonyl (C=O) groups is 3. The number of nitrogens with one attached hydrogen (secondary N) is 1. The molecule has 0 aliphatic carbocycles. The Morgan fingerprint density at radius 1 is 1.07 bits per heavy atom. The zero-order valence-corrected chi connectivity index (χ0v) is 29.1. The van der Waals surface area contributed by atoms with Crippen LogP contribution in [0.1, 0.15) is 58.3 Å². The van der Waals surface area contributed by atoms with Crippen molar-refractivity contribution < 1.29 is 33.7 Å². The van der Waals surface area contributed by atoms with Crippen LogP contribution in [0, 0.1) is 0 Å². The molecule has 2 N–H and O–H groups in total. The van der Waals surface area contributed by atoms with Crippen LogP contribution >= 0.6 is 0 Å². The van der Waals surface area contributed by atoms with Gasteiger partial charge in [-0.2, -0.15) is 5.10 Å². The highest BCUT2D eigenvalue weighted by Crippen LogP contribution is 2.35. The number of amides is 3. The SMILES string of the molecule is Cn1nccc1COc1ccc2c(c1)CN(C(=O)OC(C)(C)C)[C@@]([SiH3])([C@H](O)CNC(=O)c1ccc(C(=O)N3CCOCC3)cc1)C2. The Labute approximate surface area is 272 Å². The minimum absolute atomic E-state index is 0.0721. The smallest absolute Gasteiger partial charge is 0.410 e. The van der Waals surface area contributed by atoms with Crippen molar-refractivity contribution >= 4 is 28.2 Å². The van der Waals surface area contributed by atoms with Crippen LogP contribution in [0.25, 0.3) is 0 Å². The van der Waals surface area contributed by atoms with Crippen molar-refractivity contribution in [3.05, 3.63) is 82.7 Å². The molecule has 0 saturated carbocycles. The van der Waals surface area contributed by atoms with Crippen LogP contribution in [0.3, 0.4) is 0 Å². The van der Waals surface area contributed by atoms with E-state index in [1.165, 1.54) is 0 Å². The molecule has 3 heterocycles. The summed E-state index contributed by atoms with van der Waals surface area (Å²) in [7, 11) is 2.26. The third-order valence-electron chi connectivity index (χ3n) is 8.46. The maximum absolute atomic E-state index is 13.6. The number of aliphatic hydroxyl groups is 1. The van der Waals surface area contributed by atoms with Gasteiger partial charge in [0.15, 0.2) is 0 Å². The number of aryl methyl sites for hydroxylation is 1. The highest BCUT2D eigenvalue weighted by atomic mass is 28.1. The van der Waals surface area contributed by atoms with E-state index >= 15 is 0 Å². The molecule has 1 fully saturated rings. The average Bonchev–Trinajstić information content (AvgIpc) is 3.45. The Kier molecular flexibility index (Phi) is 9.84. The van der Waals surface area contributed by atoms with Crippen LogP contribution in [-0.4, -0.2) is 103 Å². The van der Waals surface area contributed by atoms with Crippen molar-refractivity contribution in [3.8, 4) is 5.75 Å². The molecule has 3 aromatic rings. The molecular formula is C33H43N5O7Si. The quantitative estimate of drug-likeness (QED) is 0.352. The van der Waals surface area contributed by atoms with Gasteiger partial charge in [-0.1, -0.05) is 6.07 Å². The molecule has 13 heteroatoms. The molecule has 2 atom stereocenters. The molecule has 0 spiro atoms. The lowest BCUT2D eigenvalue weighted by Crippen LogP contribution is -2.65.